The number of benzene rings is 1. The summed E-state index contributed by atoms with van der Waals surface area (Å²) in [7, 11) is 0. The van der Waals surface area contributed by atoms with E-state index in [1.165, 1.54) is 11.3 Å². The van der Waals surface area contributed by atoms with Gasteiger partial charge in [-0.05, 0) is 18.6 Å². The first kappa shape index (κ1) is 11.8. The lowest BCUT2D eigenvalue weighted by atomic mass is 10.2. The van der Waals surface area contributed by atoms with E-state index >= 15 is 0 Å². The van der Waals surface area contributed by atoms with Crippen LogP contribution < -0.4 is 4.74 Å². The molecule has 0 aliphatic heterocycles. The van der Waals surface area contributed by atoms with Gasteiger partial charge in [-0.25, -0.2) is 4.98 Å². The van der Waals surface area contributed by atoms with Gasteiger partial charge in [-0.2, -0.15) is 0 Å². The van der Waals surface area contributed by atoms with Crippen LogP contribution in [0.25, 0.3) is 10.6 Å². The van der Waals surface area contributed by atoms with Crippen LogP contribution in [0.3, 0.4) is 0 Å². The monoisotopic (exact) mass is 247 g/mol. The molecule has 0 saturated carbocycles. The molecular weight excluding hydrogens is 234 g/mol. The summed E-state index contributed by atoms with van der Waals surface area (Å²) in [5.74, 6) is 0.840. The van der Waals surface area contributed by atoms with Gasteiger partial charge in [0, 0.05) is 10.9 Å². The van der Waals surface area contributed by atoms with Crippen molar-refractivity contribution in [3.8, 4) is 16.3 Å². The second kappa shape index (κ2) is 5.59. The van der Waals surface area contributed by atoms with E-state index in [0.29, 0.717) is 12.3 Å². The zero-order valence-corrected chi connectivity index (χ0v) is 10.4. The third-order valence-electron chi connectivity index (χ3n) is 2.20. The number of carbonyl (C=O) groups is 1. The van der Waals surface area contributed by atoms with E-state index in [9.17, 15) is 4.79 Å². The van der Waals surface area contributed by atoms with Crippen molar-refractivity contribution in [1.29, 1.82) is 0 Å². The van der Waals surface area contributed by atoms with Crippen LogP contribution >= 0.6 is 11.3 Å². The highest BCUT2D eigenvalue weighted by atomic mass is 32.1. The fourth-order valence-electron chi connectivity index (χ4n) is 1.41. The molecule has 0 spiro atoms. The molecule has 1 heterocycles. The van der Waals surface area contributed by atoms with Gasteiger partial charge in [0.05, 0.1) is 6.61 Å². The molecule has 0 unspecified atom stereocenters. The average Bonchev–Trinajstić information content (AvgIpc) is 2.85. The van der Waals surface area contributed by atoms with E-state index in [4.69, 9.17) is 4.74 Å². The smallest absolute Gasteiger partial charge is 0.169 e. The van der Waals surface area contributed by atoms with E-state index in [1.54, 1.807) is 5.38 Å². The largest absolute Gasteiger partial charge is 0.494 e. The standard InChI is InChI=1S/C13H13NO2S/c1-2-6-16-12-5-3-4-10(7-12)13-14-11(8-15)9-17-13/h3-5,7-9H,2,6H2,1H3. The molecule has 1 aromatic carbocycles. The lowest BCUT2D eigenvalue weighted by Crippen LogP contribution is -1.94. The quantitative estimate of drug-likeness (QED) is 0.760. The molecule has 0 N–H and O–H groups in total. The molecule has 0 radical (unpaired) electrons. The van der Waals surface area contributed by atoms with E-state index in [-0.39, 0.29) is 0 Å². The molecule has 3 nitrogen and oxygen atoms in total. The molecule has 0 aliphatic rings. The Kier molecular flexibility index (Phi) is 3.88. The number of aldehydes is 1. The van der Waals surface area contributed by atoms with Crippen molar-refractivity contribution in [2.45, 2.75) is 13.3 Å². The summed E-state index contributed by atoms with van der Waals surface area (Å²) >= 11 is 1.46. The van der Waals surface area contributed by atoms with Gasteiger partial charge in [-0.1, -0.05) is 19.1 Å². The molecule has 1 aromatic heterocycles. The fourth-order valence-corrected chi connectivity index (χ4v) is 2.17. The Morgan fingerprint density at radius 3 is 3.06 bits per heavy atom. The predicted octanol–water partition coefficient (Wildman–Crippen LogP) is 3.41. The molecule has 17 heavy (non-hydrogen) atoms. The minimum atomic E-state index is 0.477. The van der Waals surface area contributed by atoms with Crippen LogP contribution in [0.1, 0.15) is 23.8 Å². The molecule has 88 valence electrons. The van der Waals surface area contributed by atoms with Crippen molar-refractivity contribution in [1.82, 2.24) is 4.98 Å². The van der Waals surface area contributed by atoms with Crippen LogP contribution in [-0.4, -0.2) is 17.9 Å². The molecule has 4 heteroatoms. The first-order chi connectivity index (χ1) is 8.33. The fraction of sp³-hybridized carbons (Fsp3) is 0.231. The van der Waals surface area contributed by atoms with E-state index in [1.807, 2.05) is 24.3 Å². The van der Waals surface area contributed by atoms with Crippen molar-refractivity contribution >= 4 is 17.6 Å². The summed E-state index contributed by atoms with van der Waals surface area (Å²) < 4.78 is 5.56. The SMILES string of the molecule is CCCOc1cccc(-c2nc(C=O)cs2)c1. The lowest BCUT2D eigenvalue weighted by Gasteiger charge is -2.05. The van der Waals surface area contributed by atoms with Crippen molar-refractivity contribution in [2.24, 2.45) is 0 Å². The Balaban J connectivity index is 2.22. The highest BCUT2D eigenvalue weighted by molar-refractivity contribution is 7.13. The summed E-state index contributed by atoms with van der Waals surface area (Å²) in [5, 5.41) is 2.59. The number of carbonyl (C=O) groups excluding carboxylic acids is 1. The normalized spacial score (nSPS) is 10.2. The second-order valence-electron chi connectivity index (χ2n) is 3.57. The van der Waals surface area contributed by atoms with Gasteiger partial charge in [0.15, 0.2) is 6.29 Å². The third kappa shape index (κ3) is 2.91. The number of thiazole rings is 1. The molecule has 2 aromatic rings. The van der Waals surface area contributed by atoms with Gasteiger partial charge in [0.1, 0.15) is 16.5 Å². The number of ether oxygens (including phenoxy) is 1. The summed E-state index contributed by atoms with van der Waals surface area (Å²) in [6.45, 7) is 2.78. The van der Waals surface area contributed by atoms with Gasteiger partial charge in [0.25, 0.3) is 0 Å². The second-order valence-corrected chi connectivity index (χ2v) is 4.43. The summed E-state index contributed by atoms with van der Waals surface area (Å²) in [6.07, 6.45) is 1.74. The zero-order chi connectivity index (χ0) is 12.1. The predicted molar refractivity (Wildman–Crippen MR) is 68.7 cm³/mol. The third-order valence-corrected chi connectivity index (χ3v) is 3.11. The Labute approximate surface area is 104 Å². The molecule has 0 aliphatic carbocycles. The molecular formula is C13H13NO2S. The minimum Gasteiger partial charge on any atom is -0.494 e. The summed E-state index contributed by atoms with van der Waals surface area (Å²) in [6, 6.07) is 7.77. The number of hydrogen-bond donors (Lipinski definition) is 0. The van der Waals surface area contributed by atoms with Crippen molar-refractivity contribution in [3.05, 3.63) is 35.3 Å². The molecule has 0 atom stereocenters. The van der Waals surface area contributed by atoms with Crippen molar-refractivity contribution in [2.75, 3.05) is 6.61 Å². The van der Waals surface area contributed by atoms with Crippen LogP contribution in [0, 0.1) is 0 Å². The van der Waals surface area contributed by atoms with E-state index in [0.717, 1.165) is 29.0 Å². The van der Waals surface area contributed by atoms with Crippen LogP contribution in [0.4, 0.5) is 0 Å². The topological polar surface area (TPSA) is 39.2 Å². The Morgan fingerprint density at radius 2 is 2.35 bits per heavy atom. The van der Waals surface area contributed by atoms with Crippen molar-refractivity contribution in [3.63, 3.8) is 0 Å². The van der Waals surface area contributed by atoms with Crippen LogP contribution in [0.5, 0.6) is 5.75 Å². The Hall–Kier alpha value is -1.68. The summed E-state index contributed by atoms with van der Waals surface area (Å²) in [4.78, 5) is 14.8. The van der Waals surface area contributed by atoms with Gasteiger partial charge >= 0.3 is 0 Å². The number of nitrogens with zero attached hydrogens (tertiary/aromatic N) is 1. The minimum absolute atomic E-state index is 0.477. The molecule has 2 rings (SSSR count). The highest BCUT2D eigenvalue weighted by Crippen LogP contribution is 2.26. The van der Waals surface area contributed by atoms with Crippen molar-refractivity contribution < 1.29 is 9.53 Å². The number of rotatable bonds is 5. The zero-order valence-electron chi connectivity index (χ0n) is 9.55. The lowest BCUT2D eigenvalue weighted by molar-refractivity contribution is 0.111. The van der Waals surface area contributed by atoms with Gasteiger partial charge < -0.3 is 4.74 Å². The van der Waals surface area contributed by atoms with Gasteiger partial charge in [-0.3, -0.25) is 4.79 Å². The first-order valence-corrected chi connectivity index (χ1v) is 6.35. The average molecular weight is 247 g/mol. The van der Waals surface area contributed by atoms with Gasteiger partial charge in [-0.15, -0.1) is 11.3 Å². The summed E-state index contributed by atoms with van der Waals surface area (Å²) in [5.41, 5.74) is 1.46. The van der Waals surface area contributed by atoms with Crippen LogP contribution in [0.15, 0.2) is 29.6 Å². The molecule has 0 amide bonds. The number of hydrogen-bond acceptors (Lipinski definition) is 4. The first-order valence-electron chi connectivity index (χ1n) is 5.47. The van der Waals surface area contributed by atoms with Gasteiger partial charge in [0.2, 0.25) is 0 Å². The highest BCUT2D eigenvalue weighted by Gasteiger charge is 2.05. The maximum absolute atomic E-state index is 10.6. The Bertz CT molecular complexity index is 508. The maximum atomic E-state index is 10.6. The van der Waals surface area contributed by atoms with E-state index in [2.05, 4.69) is 11.9 Å². The Morgan fingerprint density at radius 1 is 1.47 bits per heavy atom. The number of aromatic nitrogens is 1. The van der Waals surface area contributed by atoms with Crippen LogP contribution in [0.2, 0.25) is 0 Å². The molecule has 0 fully saturated rings. The van der Waals surface area contributed by atoms with E-state index < -0.39 is 0 Å². The molecule has 0 bridgehead atoms. The maximum Gasteiger partial charge on any atom is 0.169 e. The molecule has 0 saturated heterocycles. The van der Waals surface area contributed by atoms with Crippen LogP contribution in [-0.2, 0) is 0 Å².